The first-order valence-corrected chi connectivity index (χ1v) is 19.5. The number of carbonyl (C=O) groups is 1. The third-order valence-electron chi connectivity index (χ3n) is 16.0. The third-order valence-corrected chi connectivity index (χ3v) is 16.0. The molecule has 0 aromatic rings. The van der Waals surface area contributed by atoms with E-state index in [0.717, 1.165) is 70.8 Å². The van der Waals surface area contributed by atoms with Gasteiger partial charge in [0.25, 0.3) is 0 Å². The van der Waals surface area contributed by atoms with Crippen molar-refractivity contribution in [2.75, 3.05) is 20.3 Å². The lowest BCUT2D eigenvalue weighted by atomic mass is 9.33. The molecule has 0 saturated heterocycles. The summed E-state index contributed by atoms with van der Waals surface area (Å²) in [5, 5.41) is 11.6. The molecule has 0 aliphatic heterocycles. The van der Waals surface area contributed by atoms with Crippen molar-refractivity contribution in [1.29, 1.82) is 0 Å². The van der Waals surface area contributed by atoms with Crippen LogP contribution in [0.25, 0.3) is 0 Å². The lowest BCUT2D eigenvalue weighted by Gasteiger charge is -2.71. The number of aliphatic hydroxyl groups excluding tert-OH is 1. The number of carbonyl (C=O) groups excluding carboxylic acids is 1. The molecule has 5 aliphatic rings. The van der Waals surface area contributed by atoms with Gasteiger partial charge >= 0.3 is 5.97 Å². The Labute approximate surface area is 282 Å². The van der Waals surface area contributed by atoms with Crippen molar-refractivity contribution in [3.05, 3.63) is 24.3 Å². The topological polar surface area (TPSA) is 55.8 Å². The van der Waals surface area contributed by atoms with E-state index in [-0.39, 0.29) is 45.1 Å². The van der Waals surface area contributed by atoms with Crippen LogP contribution in [0, 0.1) is 56.7 Å². The fourth-order valence-electron chi connectivity index (χ4n) is 12.7. The number of ether oxygens (including phenoxy) is 2. The number of methoxy groups -OCH3 is 1. The van der Waals surface area contributed by atoms with Gasteiger partial charge in [-0.05, 0) is 123 Å². The average molecular weight is 639 g/mol. The van der Waals surface area contributed by atoms with Crippen molar-refractivity contribution in [3.8, 4) is 0 Å². The number of hydrogen-bond donors (Lipinski definition) is 1. The van der Waals surface area contributed by atoms with Crippen LogP contribution in [0.3, 0.4) is 0 Å². The molecular formula is C42H70O4. The maximum Gasteiger partial charge on any atom is 0.312 e. The van der Waals surface area contributed by atoms with E-state index >= 15 is 0 Å². The third kappa shape index (κ3) is 5.80. The number of unbranched alkanes of at least 4 members (excludes halogenated alkanes) is 7. The monoisotopic (exact) mass is 639 g/mol. The fraction of sp³-hybridized carbons (Fsp3) is 0.881. The molecule has 4 fully saturated rings. The fourth-order valence-corrected chi connectivity index (χ4v) is 12.7. The second-order valence-electron chi connectivity index (χ2n) is 18.0. The van der Waals surface area contributed by atoms with Gasteiger partial charge in [0.15, 0.2) is 0 Å². The van der Waals surface area contributed by atoms with Gasteiger partial charge in [-0.1, -0.05) is 91.4 Å². The largest absolute Gasteiger partial charge is 0.469 e. The zero-order chi connectivity index (χ0) is 33.4. The SMILES string of the molecule is C=CCCCCCCCCCOC[C@@]1(C)[C@@H]2CC[C@]3(C)[C@H](CC=C4[C@@H]5[C@@H](C)[C@H](C)CC[C@]5(C(=O)OC)CC[C@]43C)[C@@]2(C)CC[C@@H]1O. The summed E-state index contributed by atoms with van der Waals surface area (Å²) < 4.78 is 12.0. The highest BCUT2D eigenvalue weighted by Gasteiger charge is 2.70. The molecule has 0 radical (unpaired) electrons. The normalized spacial score (nSPS) is 45.0. The quantitative estimate of drug-likeness (QED) is 0.124. The second kappa shape index (κ2) is 14.0. The minimum atomic E-state index is -0.355. The van der Waals surface area contributed by atoms with E-state index in [1.54, 1.807) is 12.7 Å². The van der Waals surface area contributed by atoms with Crippen LogP contribution in [0.15, 0.2) is 24.3 Å². The molecule has 4 saturated carbocycles. The number of hydrogen-bond acceptors (Lipinski definition) is 4. The molecule has 0 spiro atoms. The molecule has 0 unspecified atom stereocenters. The van der Waals surface area contributed by atoms with Crippen molar-refractivity contribution in [2.24, 2.45) is 56.7 Å². The van der Waals surface area contributed by atoms with Crippen molar-refractivity contribution in [1.82, 2.24) is 0 Å². The zero-order valence-corrected chi connectivity index (χ0v) is 30.9. The van der Waals surface area contributed by atoms with E-state index < -0.39 is 0 Å². The van der Waals surface area contributed by atoms with Crippen LogP contribution in [-0.4, -0.2) is 37.5 Å². The predicted molar refractivity (Wildman–Crippen MR) is 189 cm³/mol. The molecule has 0 aromatic carbocycles. The summed E-state index contributed by atoms with van der Waals surface area (Å²) in [4.78, 5) is 13.6. The summed E-state index contributed by atoms with van der Waals surface area (Å²) in [5.41, 5.74) is 1.48. The van der Waals surface area contributed by atoms with Crippen LogP contribution in [-0.2, 0) is 14.3 Å². The Morgan fingerprint density at radius 2 is 1.61 bits per heavy atom. The summed E-state index contributed by atoms with van der Waals surface area (Å²) in [5.74, 6) is 2.47. The molecular weight excluding hydrogens is 568 g/mol. The summed E-state index contributed by atoms with van der Waals surface area (Å²) in [7, 11) is 1.60. The standard InChI is InChI=1S/C42H70O4/c1-9-10-11-12-13-14-15-16-17-28-46-29-39(5)33-21-24-41(7)34(38(33,4)23-22-35(39)43)19-18-32-36-31(3)30(2)20-25-42(36,37(44)45-8)27-26-40(32,41)6/h9,18,30-31,33-36,43H,1,10-17,19-29H2,2-8H3/t30-,31+,33-,34-,35+,36+,38+,39+,40-,41-,42+/m1/s1. The van der Waals surface area contributed by atoms with Gasteiger partial charge in [-0.3, -0.25) is 4.79 Å². The lowest BCUT2D eigenvalue weighted by molar-refractivity contribution is -0.221. The van der Waals surface area contributed by atoms with Crippen molar-refractivity contribution < 1.29 is 19.4 Å². The lowest BCUT2D eigenvalue weighted by Crippen LogP contribution is -2.66. The number of esters is 1. The van der Waals surface area contributed by atoms with Gasteiger partial charge in [0.1, 0.15) is 0 Å². The summed E-state index contributed by atoms with van der Waals surface area (Å²) >= 11 is 0. The molecule has 262 valence electrons. The summed E-state index contributed by atoms with van der Waals surface area (Å²) in [6.07, 6.45) is 24.0. The van der Waals surface area contributed by atoms with E-state index in [1.807, 2.05) is 6.08 Å². The molecule has 5 aliphatic carbocycles. The smallest absolute Gasteiger partial charge is 0.312 e. The molecule has 4 heteroatoms. The van der Waals surface area contributed by atoms with Crippen LogP contribution in [0.1, 0.15) is 151 Å². The van der Waals surface area contributed by atoms with Gasteiger partial charge in [-0.25, -0.2) is 0 Å². The maximum absolute atomic E-state index is 13.6. The molecule has 1 N–H and O–H groups in total. The molecule has 11 atom stereocenters. The summed E-state index contributed by atoms with van der Waals surface area (Å²) in [6, 6.07) is 0. The molecule has 0 heterocycles. The minimum Gasteiger partial charge on any atom is -0.469 e. The highest BCUT2D eigenvalue weighted by Crippen LogP contribution is 2.75. The Hall–Kier alpha value is -1.13. The highest BCUT2D eigenvalue weighted by atomic mass is 16.5. The average Bonchev–Trinajstić information content (AvgIpc) is 3.03. The number of fused-ring (bicyclic) bond motifs is 7. The Kier molecular flexibility index (Phi) is 11.0. The first kappa shape index (κ1) is 36.2. The van der Waals surface area contributed by atoms with Crippen LogP contribution < -0.4 is 0 Å². The van der Waals surface area contributed by atoms with Gasteiger partial charge < -0.3 is 14.6 Å². The van der Waals surface area contributed by atoms with Crippen LogP contribution in [0.5, 0.6) is 0 Å². The van der Waals surface area contributed by atoms with Gasteiger partial charge in [-0.2, -0.15) is 0 Å². The number of aliphatic hydroxyl groups is 1. The molecule has 4 nitrogen and oxygen atoms in total. The van der Waals surface area contributed by atoms with Gasteiger partial charge in [0.2, 0.25) is 0 Å². The van der Waals surface area contributed by atoms with Gasteiger partial charge in [-0.15, -0.1) is 6.58 Å². The summed E-state index contributed by atoms with van der Waals surface area (Å²) in [6.45, 7) is 20.3. The maximum atomic E-state index is 13.6. The number of rotatable bonds is 13. The first-order chi connectivity index (χ1) is 21.9. The van der Waals surface area contributed by atoms with Gasteiger partial charge in [0, 0.05) is 12.0 Å². The van der Waals surface area contributed by atoms with E-state index in [0.29, 0.717) is 30.3 Å². The molecule has 0 aromatic heterocycles. The van der Waals surface area contributed by atoms with E-state index in [1.165, 1.54) is 44.9 Å². The Bertz CT molecular complexity index is 1110. The van der Waals surface area contributed by atoms with Crippen LogP contribution in [0.2, 0.25) is 0 Å². The van der Waals surface area contributed by atoms with E-state index in [9.17, 15) is 9.90 Å². The first-order valence-electron chi connectivity index (χ1n) is 19.5. The molecule has 46 heavy (non-hydrogen) atoms. The second-order valence-corrected chi connectivity index (χ2v) is 18.0. The van der Waals surface area contributed by atoms with Crippen molar-refractivity contribution in [2.45, 2.75) is 157 Å². The minimum absolute atomic E-state index is 0.0402. The van der Waals surface area contributed by atoms with Crippen molar-refractivity contribution >= 4 is 5.97 Å². The van der Waals surface area contributed by atoms with Crippen LogP contribution in [0.4, 0.5) is 0 Å². The molecule has 0 bridgehead atoms. The van der Waals surface area contributed by atoms with Gasteiger partial charge in [0.05, 0.1) is 25.2 Å². The molecule has 0 amide bonds. The Morgan fingerprint density at radius 3 is 2.30 bits per heavy atom. The number of allylic oxidation sites excluding steroid dienone is 3. The predicted octanol–water partition coefficient (Wildman–Crippen LogP) is 10.5. The van der Waals surface area contributed by atoms with Crippen LogP contribution >= 0.6 is 0 Å². The Morgan fingerprint density at radius 1 is 0.913 bits per heavy atom. The highest BCUT2D eigenvalue weighted by molar-refractivity contribution is 5.78. The van der Waals surface area contributed by atoms with E-state index in [4.69, 9.17) is 9.47 Å². The zero-order valence-electron chi connectivity index (χ0n) is 30.9. The van der Waals surface area contributed by atoms with E-state index in [2.05, 4.69) is 54.2 Å². The van der Waals surface area contributed by atoms with Crippen molar-refractivity contribution in [3.63, 3.8) is 0 Å². The molecule has 5 rings (SSSR count). The Balaban J connectivity index is 1.30.